The van der Waals surface area contributed by atoms with Gasteiger partial charge in [0, 0.05) is 30.1 Å². The number of benzene rings is 1. The second-order valence-electron chi connectivity index (χ2n) is 4.31. The van der Waals surface area contributed by atoms with E-state index in [1.54, 1.807) is 24.3 Å². The molecule has 3 nitrogen and oxygen atoms in total. The minimum Gasteiger partial charge on any atom is -0.330 e. The van der Waals surface area contributed by atoms with Gasteiger partial charge in [0.25, 0.3) is 0 Å². The van der Waals surface area contributed by atoms with Gasteiger partial charge in [0.2, 0.25) is 5.13 Å². The van der Waals surface area contributed by atoms with Crippen LogP contribution in [0.2, 0.25) is 0 Å². The van der Waals surface area contributed by atoms with Crippen LogP contribution < -0.4 is 5.32 Å². The Labute approximate surface area is 119 Å². The van der Waals surface area contributed by atoms with Crippen LogP contribution in [-0.2, 0) is 12.8 Å². The molecule has 1 aromatic heterocycles. The number of aryl methyl sites for hydroxylation is 2. The van der Waals surface area contributed by atoms with Crippen molar-refractivity contribution >= 4 is 22.4 Å². The first-order valence-electron chi connectivity index (χ1n) is 6.21. The highest BCUT2D eigenvalue weighted by molar-refractivity contribution is 7.09. The third-order valence-electron chi connectivity index (χ3n) is 2.66. The van der Waals surface area contributed by atoms with Crippen molar-refractivity contribution < 1.29 is 13.2 Å². The number of aromatic nitrogens is 2. The summed E-state index contributed by atoms with van der Waals surface area (Å²) in [6, 6.07) is 6.92. The van der Waals surface area contributed by atoms with Gasteiger partial charge in [-0.15, -0.1) is 0 Å². The molecule has 0 atom stereocenters. The highest BCUT2D eigenvalue weighted by Crippen LogP contribution is 2.24. The minimum atomic E-state index is -4.13. The van der Waals surface area contributed by atoms with Crippen LogP contribution in [0.25, 0.3) is 0 Å². The van der Waals surface area contributed by atoms with Gasteiger partial charge in [-0.05, 0) is 24.1 Å². The number of nitrogens with zero attached hydrogens (tertiary/aromatic N) is 2. The second kappa shape index (κ2) is 6.21. The first kappa shape index (κ1) is 14.8. The molecule has 1 heterocycles. The molecule has 0 aliphatic carbocycles. The van der Waals surface area contributed by atoms with E-state index in [0.717, 1.165) is 17.9 Å². The number of alkyl halides is 3. The second-order valence-corrected chi connectivity index (χ2v) is 5.06. The van der Waals surface area contributed by atoms with Crippen LogP contribution >= 0.6 is 11.5 Å². The topological polar surface area (TPSA) is 37.8 Å². The minimum absolute atomic E-state index is 0.0185. The summed E-state index contributed by atoms with van der Waals surface area (Å²) in [5.41, 5.74) is 1.37. The van der Waals surface area contributed by atoms with Crippen molar-refractivity contribution in [1.29, 1.82) is 0 Å². The van der Waals surface area contributed by atoms with E-state index in [2.05, 4.69) is 14.7 Å². The Morgan fingerprint density at radius 3 is 2.75 bits per heavy atom. The Morgan fingerprint density at radius 2 is 2.10 bits per heavy atom. The maximum absolute atomic E-state index is 12.2. The normalized spacial score (nSPS) is 11.6. The van der Waals surface area contributed by atoms with E-state index in [1.807, 2.05) is 6.92 Å². The van der Waals surface area contributed by atoms with Gasteiger partial charge in [-0.25, -0.2) is 4.98 Å². The lowest BCUT2D eigenvalue weighted by atomic mass is 10.1. The summed E-state index contributed by atoms with van der Waals surface area (Å²) >= 11 is 1.24. The molecule has 108 valence electrons. The molecule has 1 N–H and O–H groups in total. The maximum Gasteiger partial charge on any atom is 0.389 e. The van der Waals surface area contributed by atoms with Crippen LogP contribution in [0.1, 0.15) is 24.7 Å². The van der Waals surface area contributed by atoms with Crippen molar-refractivity contribution in [2.75, 3.05) is 5.32 Å². The Balaban J connectivity index is 2.02. The summed E-state index contributed by atoms with van der Waals surface area (Å²) in [7, 11) is 0. The quantitative estimate of drug-likeness (QED) is 0.892. The fourth-order valence-electron chi connectivity index (χ4n) is 1.66. The molecule has 0 spiro atoms. The van der Waals surface area contributed by atoms with Crippen molar-refractivity contribution in [2.24, 2.45) is 0 Å². The molecule has 0 fully saturated rings. The zero-order valence-electron chi connectivity index (χ0n) is 10.9. The van der Waals surface area contributed by atoms with E-state index in [9.17, 15) is 13.2 Å². The third kappa shape index (κ3) is 4.48. The van der Waals surface area contributed by atoms with Gasteiger partial charge in [-0.1, -0.05) is 19.1 Å². The van der Waals surface area contributed by atoms with Gasteiger partial charge in [0.1, 0.15) is 5.82 Å². The third-order valence-corrected chi connectivity index (χ3v) is 3.33. The summed E-state index contributed by atoms with van der Waals surface area (Å²) in [5, 5.41) is 3.71. The molecule has 20 heavy (non-hydrogen) atoms. The van der Waals surface area contributed by atoms with Crippen molar-refractivity contribution in [3.63, 3.8) is 0 Å². The van der Waals surface area contributed by atoms with Crippen molar-refractivity contribution in [3.8, 4) is 0 Å². The number of halogens is 3. The monoisotopic (exact) mass is 301 g/mol. The summed E-state index contributed by atoms with van der Waals surface area (Å²) < 4.78 is 40.7. The van der Waals surface area contributed by atoms with E-state index in [4.69, 9.17) is 0 Å². The molecule has 0 amide bonds. The molecule has 0 unspecified atom stereocenters. The first-order chi connectivity index (χ1) is 9.46. The number of anilines is 2. The van der Waals surface area contributed by atoms with Gasteiger partial charge in [-0.2, -0.15) is 17.5 Å². The lowest BCUT2D eigenvalue weighted by molar-refractivity contribution is -0.133. The highest BCUT2D eigenvalue weighted by Gasteiger charge is 2.26. The molecular formula is C13H14F3N3S. The van der Waals surface area contributed by atoms with E-state index in [1.165, 1.54) is 11.5 Å². The lowest BCUT2D eigenvalue weighted by Gasteiger charge is -2.08. The Bertz CT molecular complexity index is 566. The fourth-order valence-corrected chi connectivity index (χ4v) is 2.33. The van der Waals surface area contributed by atoms with Crippen molar-refractivity contribution in [2.45, 2.75) is 32.4 Å². The highest BCUT2D eigenvalue weighted by atomic mass is 32.1. The van der Waals surface area contributed by atoms with Crippen LogP contribution in [0.15, 0.2) is 24.3 Å². The summed E-state index contributed by atoms with van der Waals surface area (Å²) in [5.74, 6) is 0.755. The Kier molecular flexibility index (Phi) is 4.59. The predicted molar refractivity (Wildman–Crippen MR) is 73.4 cm³/mol. The van der Waals surface area contributed by atoms with Crippen LogP contribution in [0.4, 0.5) is 24.0 Å². The largest absolute Gasteiger partial charge is 0.389 e. The standard InChI is InChI=1S/C13H14F3N3S/c1-2-11-18-12(20-19-11)17-10-5-3-4-9(8-10)6-7-13(14,15)16/h3-5,8H,2,6-7H2,1H3,(H,17,18,19). The van der Waals surface area contributed by atoms with E-state index in [0.29, 0.717) is 10.7 Å². The van der Waals surface area contributed by atoms with E-state index >= 15 is 0 Å². The average molecular weight is 301 g/mol. The van der Waals surface area contributed by atoms with E-state index in [-0.39, 0.29) is 6.42 Å². The molecule has 1 aromatic carbocycles. The summed E-state index contributed by atoms with van der Waals surface area (Å²) in [4.78, 5) is 4.26. The lowest BCUT2D eigenvalue weighted by Crippen LogP contribution is -2.08. The van der Waals surface area contributed by atoms with Crippen LogP contribution in [-0.4, -0.2) is 15.5 Å². The zero-order chi connectivity index (χ0) is 14.6. The molecule has 0 aliphatic heterocycles. The number of nitrogens with one attached hydrogen (secondary N) is 1. The zero-order valence-corrected chi connectivity index (χ0v) is 11.7. The molecule has 0 bridgehead atoms. The Morgan fingerprint density at radius 1 is 1.30 bits per heavy atom. The molecule has 2 aromatic rings. The molecule has 0 saturated carbocycles. The SMILES string of the molecule is CCc1nsc(Nc2cccc(CCC(F)(F)F)c2)n1. The molecule has 2 rings (SSSR count). The van der Waals surface area contributed by atoms with E-state index < -0.39 is 12.6 Å². The van der Waals surface area contributed by atoms with Crippen LogP contribution in [0, 0.1) is 0 Å². The first-order valence-corrected chi connectivity index (χ1v) is 6.99. The molecule has 7 heteroatoms. The molecular weight excluding hydrogens is 287 g/mol. The van der Waals surface area contributed by atoms with Gasteiger partial charge >= 0.3 is 6.18 Å². The number of rotatable bonds is 5. The Hall–Kier alpha value is -1.63. The number of hydrogen-bond donors (Lipinski definition) is 1. The van der Waals surface area contributed by atoms with Crippen molar-refractivity contribution in [3.05, 3.63) is 35.7 Å². The van der Waals surface area contributed by atoms with Crippen LogP contribution in [0.5, 0.6) is 0 Å². The maximum atomic E-state index is 12.2. The fraction of sp³-hybridized carbons (Fsp3) is 0.385. The van der Waals surface area contributed by atoms with Gasteiger partial charge in [-0.3, -0.25) is 0 Å². The van der Waals surface area contributed by atoms with Crippen LogP contribution in [0.3, 0.4) is 0 Å². The summed E-state index contributed by atoms with van der Waals surface area (Å²) in [6.45, 7) is 1.96. The van der Waals surface area contributed by atoms with Crippen molar-refractivity contribution in [1.82, 2.24) is 9.36 Å². The molecule has 0 aliphatic rings. The van der Waals surface area contributed by atoms with Gasteiger partial charge in [0.15, 0.2) is 0 Å². The molecule has 0 radical (unpaired) electrons. The number of hydrogen-bond acceptors (Lipinski definition) is 4. The smallest absolute Gasteiger partial charge is 0.330 e. The predicted octanol–water partition coefficient (Wildman–Crippen LogP) is 4.34. The summed E-state index contributed by atoms with van der Waals surface area (Å²) in [6.07, 6.45) is -4.20. The van der Waals surface area contributed by atoms with Gasteiger partial charge < -0.3 is 5.32 Å². The molecule has 0 saturated heterocycles. The average Bonchev–Trinajstić information content (AvgIpc) is 2.84. The van der Waals surface area contributed by atoms with Gasteiger partial charge in [0.05, 0.1) is 0 Å².